The van der Waals surface area contributed by atoms with Gasteiger partial charge in [0.2, 0.25) is 0 Å². The Balaban J connectivity index is 2.67. The van der Waals surface area contributed by atoms with Gasteiger partial charge < -0.3 is 20.5 Å². The molecule has 1 atom stereocenters. The van der Waals surface area contributed by atoms with Crippen LogP contribution in [0, 0.1) is 5.92 Å². The lowest BCUT2D eigenvalue weighted by atomic mass is 10.1. The molecule has 6 heteroatoms. The van der Waals surface area contributed by atoms with Gasteiger partial charge in [-0.15, -0.1) is 0 Å². The zero-order valence-electron chi connectivity index (χ0n) is 12.8. The number of carbonyl (C=O) groups excluding carboxylic acids is 1. The molecule has 1 aromatic rings. The third kappa shape index (κ3) is 5.23. The number of nitrogens with one attached hydrogen (secondary N) is 1. The highest BCUT2D eigenvalue weighted by Crippen LogP contribution is 2.27. The summed E-state index contributed by atoms with van der Waals surface area (Å²) in [4.78, 5) is 12.1. The van der Waals surface area contributed by atoms with Crippen molar-refractivity contribution in [1.29, 1.82) is 0 Å². The first kappa shape index (κ1) is 17.2. The van der Waals surface area contributed by atoms with Crippen molar-refractivity contribution in [2.75, 3.05) is 13.7 Å². The number of thiocarbonyl (C=S) groups is 1. The molecule has 0 saturated heterocycles. The largest absolute Gasteiger partial charge is 0.493 e. The highest BCUT2D eigenvalue weighted by atomic mass is 32.1. The summed E-state index contributed by atoms with van der Waals surface area (Å²) in [6.45, 7) is 5.98. The molecule has 0 saturated carbocycles. The molecule has 1 amide bonds. The first-order valence-electron chi connectivity index (χ1n) is 6.75. The molecule has 5 nitrogen and oxygen atoms in total. The van der Waals surface area contributed by atoms with Crippen LogP contribution in [0.25, 0.3) is 0 Å². The Morgan fingerprint density at radius 3 is 2.52 bits per heavy atom. The van der Waals surface area contributed by atoms with E-state index in [2.05, 4.69) is 5.32 Å². The molecular weight excluding hydrogens is 288 g/mol. The van der Waals surface area contributed by atoms with Gasteiger partial charge in [-0.1, -0.05) is 26.1 Å². The molecule has 0 aromatic heterocycles. The predicted molar refractivity (Wildman–Crippen MR) is 86.8 cm³/mol. The monoisotopic (exact) mass is 310 g/mol. The number of ether oxygens (including phenoxy) is 2. The van der Waals surface area contributed by atoms with Gasteiger partial charge in [-0.25, -0.2) is 0 Å². The van der Waals surface area contributed by atoms with Gasteiger partial charge in [0.05, 0.1) is 7.11 Å². The van der Waals surface area contributed by atoms with Gasteiger partial charge in [0.25, 0.3) is 5.91 Å². The van der Waals surface area contributed by atoms with Crippen molar-refractivity contribution >= 4 is 23.1 Å². The maximum Gasteiger partial charge on any atom is 0.258 e. The number of amides is 1. The Bertz CT molecular complexity index is 518. The Morgan fingerprint density at radius 2 is 2.00 bits per heavy atom. The Kier molecular flexibility index (Phi) is 6.42. The highest BCUT2D eigenvalue weighted by molar-refractivity contribution is 7.80. The lowest BCUT2D eigenvalue weighted by Gasteiger charge is -2.18. The molecule has 0 fully saturated rings. The van der Waals surface area contributed by atoms with Crippen molar-refractivity contribution in [2.45, 2.75) is 26.8 Å². The van der Waals surface area contributed by atoms with E-state index in [1.165, 1.54) is 7.11 Å². The van der Waals surface area contributed by atoms with Crippen LogP contribution in [0.4, 0.5) is 0 Å². The SMILES string of the molecule is COc1cc(C(N)=S)ccc1OCC(=O)NC(C)C(C)C. The molecule has 0 spiro atoms. The summed E-state index contributed by atoms with van der Waals surface area (Å²) in [5, 5.41) is 2.87. The van der Waals surface area contributed by atoms with E-state index in [9.17, 15) is 4.79 Å². The minimum Gasteiger partial charge on any atom is -0.493 e. The van der Waals surface area contributed by atoms with Gasteiger partial charge in [0.15, 0.2) is 18.1 Å². The molecule has 0 heterocycles. The predicted octanol–water partition coefficient (Wildman–Crippen LogP) is 1.87. The summed E-state index contributed by atoms with van der Waals surface area (Å²) in [7, 11) is 1.52. The Morgan fingerprint density at radius 1 is 1.33 bits per heavy atom. The molecule has 1 unspecified atom stereocenters. The zero-order valence-corrected chi connectivity index (χ0v) is 13.6. The number of rotatable bonds is 7. The minimum absolute atomic E-state index is 0.0696. The smallest absolute Gasteiger partial charge is 0.258 e. The quantitative estimate of drug-likeness (QED) is 0.752. The number of methoxy groups -OCH3 is 1. The summed E-state index contributed by atoms with van der Waals surface area (Å²) < 4.78 is 10.7. The van der Waals surface area contributed by atoms with E-state index in [0.29, 0.717) is 23.0 Å². The molecular formula is C15H22N2O3S. The average Bonchev–Trinajstić information content (AvgIpc) is 2.44. The normalized spacial score (nSPS) is 11.9. The van der Waals surface area contributed by atoms with Crippen molar-refractivity contribution in [3.63, 3.8) is 0 Å². The van der Waals surface area contributed by atoms with Crippen molar-refractivity contribution in [3.8, 4) is 11.5 Å². The fourth-order valence-corrected chi connectivity index (χ4v) is 1.67. The second-order valence-corrected chi connectivity index (χ2v) is 5.56. The van der Waals surface area contributed by atoms with E-state index < -0.39 is 0 Å². The van der Waals surface area contributed by atoms with Gasteiger partial charge in [-0.05, 0) is 31.0 Å². The van der Waals surface area contributed by atoms with E-state index in [4.69, 9.17) is 27.4 Å². The minimum atomic E-state index is -0.170. The van der Waals surface area contributed by atoms with E-state index in [1.807, 2.05) is 20.8 Å². The second kappa shape index (κ2) is 7.83. The summed E-state index contributed by atoms with van der Waals surface area (Å²) in [5.41, 5.74) is 6.25. The molecule has 1 rings (SSSR count). The molecule has 0 aliphatic carbocycles. The maximum absolute atomic E-state index is 11.8. The molecule has 1 aromatic carbocycles. The molecule has 21 heavy (non-hydrogen) atoms. The molecule has 3 N–H and O–H groups in total. The van der Waals surface area contributed by atoms with Gasteiger partial charge >= 0.3 is 0 Å². The van der Waals surface area contributed by atoms with Crippen LogP contribution in [0.2, 0.25) is 0 Å². The van der Waals surface area contributed by atoms with Gasteiger partial charge in [0.1, 0.15) is 4.99 Å². The molecule has 0 aliphatic heterocycles. The molecule has 0 radical (unpaired) electrons. The maximum atomic E-state index is 11.8. The Hall–Kier alpha value is -1.82. The van der Waals surface area contributed by atoms with E-state index in [0.717, 1.165) is 0 Å². The van der Waals surface area contributed by atoms with E-state index >= 15 is 0 Å². The zero-order chi connectivity index (χ0) is 16.0. The highest BCUT2D eigenvalue weighted by Gasteiger charge is 2.13. The van der Waals surface area contributed by atoms with Crippen LogP contribution in [0.3, 0.4) is 0 Å². The van der Waals surface area contributed by atoms with Crippen LogP contribution in [0.1, 0.15) is 26.3 Å². The van der Waals surface area contributed by atoms with Crippen molar-refractivity contribution in [1.82, 2.24) is 5.32 Å². The second-order valence-electron chi connectivity index (χ2n) is 5.12. The number of hydrogen-bond donors (Lipinski definition) is 2. The number of benzene rings is 1. The first-order valence-corrected chi connectivity index (χ1v) is 7.16. The average molecular weight is 310 g/mol. The van der Waals surface area contributed by atoms with Gasteiger partial charge in [-0.2, -0.15) is 0 Å². The lowest BCUT2D eigenvalue weighted by molar-refractivity contribution is -0.124. The molecule has 0 bridgehead atoms. The third-order valence-corrected chi connectivity index (χ3v) is 3.43. The van der Waals surface area contributed by atoms with Crippen LogP contribution in [-0.4, -0.2) is 30.7 Å². The molecule has 0 aliphatic rings. The fraction of sp³-hybridized carbons (Fsp3) is 0.467. The summed E-state index contributed by atoms with van der Waals surface area (Å²) in [6, 6.07) is 5.20. The molecule has 116 valence electrons. The summed E-state index contributed by atoms with van der Waals surface area (Å²) in [6.07, 6.45) is 0. The lowest BCUT2D eigenvalue weighted by Crippen LogP contribution is -2.38. The van der Waals surface area contributed by atoms with Crippen LogP contribution < -0.4 is 20.5 Å². The Labute approximate surface area is 130 Å². The fourth-order valence-electron chi connectivity index (χ4n) is 1.55. The van der Waals surface area contributed by atoms with Crippen LogP contribution in [-0.2, 0) is 4.79 Å². The summed E-state index contributed by atoms with van der Waals surface area (Å²) in [5.74, 6) is 1.17. The standard InChI is InChI=1S/C15H22N2O3S/c1-9(2)10(3)17-14(18)8-20-12-6-5-11(15(16)21)7-13(12)19-4/h5-7,9-10H,8H2,1-4H3,(H2,16,21)(H,17,18). The van der Waals surface area contributed by atoms with Crippen molar-refractivity contribution in [3.05, 3.63) is 23.8 Å². The van der Waals surface area contributed by atoms with Crippen molar-refractivity contribution < 1.29 is 14.3 Å². The van der Waals surface area contributed by atoms with E-state index in [1.54, 1.807) is 18.2 Å². The number of nitrogens with two attached hydrogens (primary N) is 1. The van der Waals surface area contributed by atoms with Crippen LogP contribution >= 0.6 is 12.2 Å². The number of carbonyl (C=O) groups is 1. The topological polar surface area (TPSA) is 73.6 Å². The first-order chi connectivity index (χ1) is 9.85. The summed E-state index contributed by atoms with van der Waals surface area (Å²) >= 11 is 4.91. The van der Waals surface area contributed by atoms with E-state index in [-0.39, 0.29) is 23.5 Å². The van der Waals surface area contributed by atoms with Crippen LogP contribution in [0.15, 0.2) is 18.2 Å². The number of hydrogen-bond acceptors (Lipinski definition) is 4. The van der Waals surface area contributed by atoms with Crippen LogP contribution in [0.5, 0.6) is 11.5 Å². The van der Waals surface area contributed by atoms with Gasteiger partial charge in [0, 0.05) is 11.6 Å². The van der Waals surface area contributed by atoms with Gasteiger partial charge in [-0.3, -0.25) is 4.79 Å². The third-order valence-electron chi connectivity index (χ3n) is 3.20. The van der Waals surface area contributed by atoms with Crippen molar-refractivity contribution in [2.24, 2.45) is 11.7 Å².